The largest absolute Gasteiger partial charge is 0.282 e. The monoisotopic (exact) mass is 447 g/mol. The van der Waals surface area contributed by atoms with Crippen LogP contribution in [-0.2, 0) is 4.79 Å². The average molecular weight is 448 g/mol. The van der Waals surface area contributed by atoms with Crippen molar-refractivity contribution in [2.45, 2.75) is 0 Å². The van der Waals surface area contributed by atoms with E-state index in [1.54, 1.807) is 18.2 Å². The van der Waals surface area contributed by atoms with Crippen LogP contribution in [0.2, 0.25) is 0 Å². The molecule has 0 N–H and O–H groups in total. The van der Waals surface area contributed by atoms with Gasteiger partial charge in [-0.1, -0.05) is 64.5 Å². The third-order valence-electron chi connectivity index (χ3n) is 4.38. The lowest BCUT2D eigenvalue weighted by Gasteiger charge is -2.18. The molecule has 0 atom stereocenters. The van der Waals surface area contributed by atoms with Crippen LogP contribution in [0, 0.1) is 10.1 Å². The van der Waals surface area contributed by atoms with Crippen molar-refractivity contribution >= 4 is 45.1 Å². The van der Waals surface area contributed by atoms with Crippen LogP contribution < -0.4 is 4.90 Å². The fourth-order valence-corrected chi connectivity index (χ4v) is 3.46. The molecule has 3 aromatic carbocycles. The standard InChI is InChI=1S/C22H14BrN3O3/c23-17-10-6-11-18(14-17)25-21(15-7-2-1-3-8-15)24-19(22(25)27)13-16-9-4-5-12-20(16)26(28)29/h1-14H/b19-13+. The molecule has 0 unspecified atom stereocenters. The molecule has 0 fully saturated rings. The highest BCUT2D eigenvalue weighted by molar-refractivity contribution is 9.10. The minimum absolute atomic E-state index is 0.0785. The van der Waals surface area contributed by atoms with Crippen LogP contribution in [0.4, 0.5) is 11.4 Å². The molecule has 29 heavy (non-hydrogen) atoms. The van der Waals surface area contributed by atoms with Gasteiger partial charge in [-0.3, -0.25) is 19.8 Å². The van der Waals surface area contributed by atoms with Crippen LogP contribution in [0.3, 0.4) is 0 Å². The van der Waals surface area contributed by atoms with E-state index in [2.05, 4.69) is 20.9 Å². The molecule has 3 aromatic rings. The molecule has 7 heteroatoms. The second-order valence-corrected chi connectivity index (χ2v) is 7.18. The van der Waals surface area contributed by atoms with Crippen LogP contribution in [0.25, 0.3) is 6.08 Å². The Morgan fingerprint density at radius 1 is 0.966 bits per heavy atom. The summed E-state index contributed by atoms with van der Waals surface area (Å²) in [5.74, 6) is 0.124. The Bertz CT molecular complexity index is 1170. The summed E-state index contributed by atoms with van der Waals surface area (Å²) < 4.78 is 0.825. The molecule has 0 saturated carbocycles. The zero-order valence-corrected chi connectivity index (χ0v) is 16.6. The number of nitro groups is 1. The minimum Gasteiger partial charge on any atom is -0.266 e. The van der Waals surface area contributed by atoms with Gasteiger partial charge in [0.1, 0.15) is 11.5 Å². The topological polar surface area (TPSA) is 75.8 Å². The smallest absolute Gasteiger partial charge is 0.266 e. The molecule has 0 saturated heterocycles. The van der Waals surface area contributed by atoms with Crippen molar-refractivity contribution in [1.29, 1.82) is 0 Å². The van der Waals surface area contributed by atoms with Gasteiger partial charge in [0.15, 0.2) is 0 Å². The number of nitrogens with zero attached hydrogens (tertiary/aromatic N) is 3. The van der Waals surface area contributed by atoms with Gasteiger partial charge in [0.05, 0.1) is 16.2 Å². The number of anilines is 1. The van der Waals surface area contributed by atoms with E-state index in [0.717, 1.165) is 10.0 Å². The Kier molecular flexibility index (Phi) is 5.05. The number of nitro benzene ring substituents is 1. The van der Waals surface area contributed by atoms with Crippen molar-refractivity contribution in [2.75, 3.05) is 4.90 Å². The Hall–Kier alpha value is -3.58. The molecule has 6 nitrogen and oxygen atoms in total. The number of halogens is 1. The quantitative estimate of drug-likeness (QED) is 0.313. The number of para-hydroxylation sites is 1. The van der Waals surface area contributed by atoms with Gasteiger partial charge in [0.2, 0.25) is 0 Å². The molecule has 1 aliphatic heterocycles. The maximum atomic E-state index is 13.2. The summed E-state index contributed by atoms with van der Waals surface area (Å²) >= 11 is 3.43. The van der Waals surface area contributed by atoms with Gasteiger partial charge < -0.3 is 0 Å². The number of aliphatic imine (C=N–C) groups is 1. The maximum absolute atomic E-state index is 13.2. The first-order valence-corrected chi connectivity index (χ1v) is 9.53. The van der Waals surface area contributed by atoms with Gasteiger partial charge in [0.25, 0.3) is 11.6 Å². The molecule has 0 aliphatic carbocycles. The van der Waals surface area contributed by atoms with Gasteiger partial charge in [-0.05, 0) is 30.3 Å². The second-order valence-electron chi connectivity index (χ2n) is 6.27. The van der Waals surface area contributed by atoms with Crippen molar-refractivity contribution < 1.29 is 9.72 Å². The molecule has 1 aliphatic rings. The number of benzene rings is 3. The first-order chi connectivity index (χ1) is 14.0. The summed E-state index contributed by atoms with van der Waals surface area (Å²) in [6, 6.07) is 23.0. The lowest BCUT2D eigenvalue weighted by molar-refractivity contribution is -0.385. The SMILES string of the molecule is O=C1/C(=C\c2ccccc2[N+](=O)[O-])N=C(c2ccccc2)N1c1cccc(Br)c1. The number of amides is 1. The van der Waals surface area contributed by atoms with Gasteiger partial charge in [-0.25, -0.2) is 4.99 Å². The van der Waals surface area contributed by atoms with Gasteiger partial charge >= 0.3 is 0 Å². The van der Waals surface area contributed by atoms with Crippen LogP contribution in [0.5, 0.6) is 0 Å². The lowest BCUT2D eigenvalue weighted by atomic mass is 10.1. The van der Waals surface area contributed by atoms with Crippen molar-refractivity contribution in [3.05, 3.63) is 110 Å². The van der Waals surface area contributed by atoms with E-state index >= 15 is 0 Å². The highest BCUT2D eigenvalue weighted by Crippen LogP contribution is 2.30. The van der Waals surface area contributed by atoms with Crippen LogP contribution in [0.1, 0.15) is 11.1 Å². The van der Waals surface area contributed by atoms with Crippen molar-refractivity contribution in [2.24, 2.45) is 4.99 Å². The fraction of sp³-hybridized carbons (Fsp3) is 0. The van der Waals surface area contributed by atoms with E-state index < -0.39 is 4.92 Å². The minimum atomic E-state index is -0.473. The van der Waals surface area contributed by atoms with E-state index in [0.29, 0.717) is 17.1 Å². The summed E-state index contributed by atoms with van der Waals surface area (Å²) in [4.78, 5) is 30.2. The summed E-state index contributed by atoms with van der Waals surface area (Å²) in [6.45, 7) is 0. The highest BCUT2D eigenvalue weighted by Gasteiger charge is 2.33. The Morgan fingerprint density at radius 2 is 1.69 bits per heavy atom. The fourth-order valence-electron chi connectivity index (χ4n) is 3.08. The predicted octanol–water partition coefficient (Wildman–Crippen LogP) is 5.19. The van der Waals surface area contributed by atoms with Crippen molar-refractivity contribution in [1.82, 2.24) is 0 Å². The van der Waals surface area contributed by atoms with Crippen molar-refractivity contribution in [3.8, 4) is 0 Å². The Labute approximate surface area is 175 Å². The third-order valence-corrected chi connectivity index (χ3v) is 4.88. The summed E-state index contributed by atoms with van der Waals surface area (Å²) in [5, 5.41) is 11.3. The highest BCUT2D eigenvalue weighted by atomic mass is 79.9. The number of hydrogen-bond donors (Lipinski definition) is 0. The molecule has 142 valence electrons. The zero-order valence-electron chi connectivity index (χ0n) is 15.0. The maximum Gasteiger partial charge on any atom is 0.282 e. The second kappa shape index (κ2) is 7.81. The summed E-state index contributed by atoms with van der Waals surface area (Å²) in [6.07, 6.45) is 1.46. The molecule has 0 aromatic heterocycles. The van der Waals surface area contributed by atoms with Gasteiger partial charge in [-0.15, -0.1) is 0 Å². The molecule has 1 amide bonds. The average Bonchev–Trinajstić information content (AvgIpc) is 3.05. The van der Waals surface area contributed by atoms with E-state index in [9.17, 15) is 14.9 Å². The van der Waals surface area contributed by atoms with E-state index in [4.69, 9.17) is 0 Å². The first-order valence-electron chi connectivity index (χ1n) is 8.74. The summed E-state index contributed by atoms with van der Waals surface area (Å²) in [5.41, 5.74) is 1.81. The predicted molar refractivity (Wildman–Crippen MR) is 116 cm³/mol. The van der Waals surface area contributed by atoms with E-state index in [1.807, 2.05) is 54.6 Å². The molecule has 0 spiro atoms. The number of amidine groups is 1. The first kappa shape index (κ1) is 18.8. The van der Waals surface area contributed by atoms with E-state index in [-0.39, 0.29) is 17.3 Å². The van der Waals surface area contributed by atoms with Gasteiger partial charge in [0, 0.05) is 16.1 Å². The number of carbonyl (C=O) groups excluding carboxylic acids is 1. The summed E-state index contributed by atoms with van der Waals surface area (Å²) in [7, 11) is 0. The number of hydrogen-bond acceptors (Lipinski definition) is 4. The Morgan fingerprint density at radius 3 is 2.41 bits per heavy atom. The zero-order chi connectivity index (χ0) is 20.4. The van der Waals surface area contributed by atoms with Crippen molar-refractivity contribution in [3.63, 3.8) is 0 Å². The molecular weight excluding hydrogens is 434 g/mol. The third kappa shape index (κ3) is 3.72. The lowest BCUT2D eigenvalue weighted by Crippen LogP contribution is -2.32. The normalized spacial score (nSPS) is 14.9. The van der Waals surface area contributed by atoms with Crippen LogP contribution >= 0.6 is 15.9 Å². The molecule has 1 heterocycles. The van der Waals surface area contributed by atoms with Crippen LogP contribution in [0.15, 0.2) is 94.0 Å². The number of carbonyl (C=O) groups is 1. The Balaban J connectivity index is 1.86. The molecule has 0 bridgehead atoms. The molecule has 4 rings (SSSR count). The molecular formula is C22H14BrN3O3. The van der Waals surface area contributed by atoms with Gasteiger partial charge in [-0.2, -0.15) is 0 Å². The molecule has 0 radical (unpaired) electrons. The van der Waals surface area contributed by atoms with Crippen LogP contribution in [-0.4, -0.2) is 16.7 Å². The number of rotatable bonds is 4. The van der Waals surface area contributed by atoms with E-state index in [1.165, 1.54) is 17.0 Å².